The Hall–Kier alpha value is -2.89. The Kier molecular flexibility index (Phi) is 5.74. The minimum absolute atomic E-state index is 0.0508. The summed E-state index contributed by atoms with van der Waals surface area (Å²) in [5.41, 5.74) is 2.52. The van der Waals surface area contributed by atoms with Gasteiger partial charge in [-0.2, -0.15) is 0 Å². The van der Waals surface area contributed by atoms with Crippen molar-refractivity contribution in [3.05, 3.63) is 54.0 Å². The molecule has 142 valence electrons. The van der Waals surface area contributed by atoms with E-state index in [2.05, 4.69) is 24.1 Å². The van der Waals surface area contributed by atoms with Crippen LogP contribution in [0.5, 0.6) is 5.75 Å². The van der Waals surface area contributed by atoms with Gasteiger partial charge in [0, 0.05) is 18.8 Å². The van der Waals surface area contributed by atoms with E-state index in [9.17, 15) is 4.79 Å². The number of nitrogens with one attached hydrogen (secondary N) is 1. The van der Waals surface area contributed by atoms with Crippen LogP contribution in [-0.4, -0.2) is 27.6 Å². The Labute approximate surface area is 159 Å². The summed E-state index contributed by atoms with van der Waals surface area (Å²) >= 11 is 0. The lowest BCUT2D eigenvalue weighted by Gasteiger charge is -2.20. The second kappa shape index (κ2) is 8.20. The molecule has 1 atom stereocenters. The summed E-state index contributed by atoms with van der Waals surface area (Å²) in [6, 6.07) is 11.2. The Morgan fingerprint density at radius 3 is 2.70 bits per heavy atom. The Bertz CT molecular complexity index is 933. The number of amides is 1. The number of para-hydroxylation sites is 1. The topological polar surface area (TPSA) is 69.0 Å². The summed E-state index contributed by atoms with van der Waals surface area (Å²) in [5.74, 6) is 1.91. The van der Waals surface area contributed by atoms with Gasteiger partial charge in [0.1, 0.15) is 17.1 Å². The molecule has 0 fully saturated rings. The zero-order valence-corrected chi connectivity index (χ0v) is 16.3. The third-order valence-electron chi connectivity index (χ3n) is 4.56. The number of fused-ring (bicyclic) bond motifs is 1. The number of aryl methyl sites for hydroxylation is 1. The molecule has 0 aliphatic heterocycles. The van der Waals surface area contributed by atoms with E-state index >= 15 is 0 Å². The van der Waals surface area contributed by atoms with Gasteiger partial charge in [-0.1, -0.05) is 32.0 Å². The summed E-state index contributed by atoms with van der Waals surface area (Å²) in [5, 5.41) is 3.16. The molecule has 0 aliphatic rings. The lowest BCUT2D eigenvalue weighted by atomic mass is 10.0. The highest BCUT2D eigenvalue weighted by atomic mass is 16.5. The predicted octanol–water partition coefficient (Wildman–Crippen LogP) is 3.42. The molecule has 6 nitrogen and oxygen atoms in total. The van der Waals surface area contributed by atoms with E-state index in [0.717, 1.165) is 34.7 Å². The van der Waals surface area contributed by atoms with E-state index in [0.29, 0.717) is 5.92 Å². The van der Waals surface area contributed by atoms with Gasteiger partial charge in [0.05, 0.1) is 19.6 Å². The number of hydrogen-bond acceptors (Lipinski definition) is 4. The van der Waals surface area contributed by atoms with Crippen LogP contribution < -0.4 is 10.1 Å². The summed E-state index contributed by atoms with van der Waals surface area (Å²) in [6.07, 6.45) is 2.82. The van der Waals surface area contributed by atoms with Gasteiger partial charge in [0.15, 0.2) is 5.65 Å². The molecule has 0 aliphatic carbocycles. The molecule has 27 heavy (non-hydrogen) atoms. The van der Waals surface area contributed by atoms with E-state index in [-0.39, 0.29) is 18.4 Å². The molecule has 2 heterocycles. The summed E-state index contributed by atoms with van der Waals surface area (Å²) in [7, 11) is 3.56. The van der Waals surface area contributed by atoms with Gasteiger partial charge < -0.3 is 14.6 Å². The number of pyridine rings is 1. The zero-order chi connectivity index (χ0) is 19.4. The first-order valence-corrected chi connectivity index (χ1v) is 9.18. The molecule has 3 rings (SSSR count). The van der Waals surface area contributed by atoms with Crippen LogP contribution in [-0.2, 0) is 18.3 Å². The Morgan fingerprint density at radius 1 is 1.22 bits per heavy atom. The van der Waals surface area contributed by atoms with Crippen LogP contribution in [0.1, 0.15) is 37.7 Å². The number of methoxy groups -OCH3 is 1. The van der Waals surface area contributed by atoms with Crippen molar-refractivity contribution >= 4 is 17.1 Å². The number of benzene rings is 1. The van der Waals surface area contributed by atoms with Crippen LogP contribution in [0.15, 0.2) is 42.6 Å². The molecule has 1 amide bonds. The van der Waals surface area contributed by atoms with Crippen molar-refractivity contribution in [2.45, 2.75) is 32.7 Å². The molecule has 3 aromatic rings. The van der Waals surface area contributed by atoms with Gasteiger partial charge in [-0.05, 0) is 30.5 Å². The van der Waals surface area contributed by atoms with Crippen LogP contribution in [0.25, 0.3) is 11.2 Å². The summed E-state index contributed by atoms with van der Waals surface area (Å²) in [4.78, 5) is 21.9. The molecule has 0 saturated heterocycles. The second-order valence-corrected chi connectivity index (χ2v) is 7.11. The molecular weight excluding hydrogens is 340 g/mol. The van der Waals surface area contributed by atoms with E-state index in [4.69, 9.17) is 9.72 Å². The molecule has 2 aromatic heterocycles. The van der Waals surface area contributed by atoms with Crippen molar-refractivity contribution in [1.29, 1.82) is 0 Å². The van der Waals surface area contributed by atoms with Crippen LogP contribution >= 0.6 is 0 Å². The van der Waals surface area contributed by atoms with Gasteiger partial charge in [-0.25, -0.2) is 9.97 Å². The van der Waals surface area contributed by atoms with Crippen molar-refractivity contribution in [1.82, 2.24) is 19.9 Å². The summed E-state index contributed by atoms with van der Waals surface area (Å²) in [6.45, 7) is 4.28. The van der Waals surface area contributed by atoms with Crippen LogP contribution in [0.2, 0.25) is 0 Å². The average Bonchev–Trinajstić information content (AvgIpc) is 2.98. The molecule has 0 bridgehead atoms. The smallest absolute Gasteiger partial charge is 0.225 e. The van der Waals surface area contributed by atoms with Gasteiger partial charge in [-0.15, -0.1) is 0 Å². The lowest BCUT2D eigenvalue weighted by molar-refractivity contribution is -0.121. The van der Waals surface area contributed by atoms with Gasteiger partial charge >= 0.3 is 0 Å². The quantitative estimate of drug-likeness (QED) is 0.696. The third kappa shape index (κ3) is 4.27. The fraction of sp³-hybridized carbons (Fsp3) is 0.381. The van der Waals surface area contributed by atoms with Gasteiger partial charge in [-0.3, -0.25) is 4.79 Å². The third-order valence-corrected chi connectivity index (χ3v) is 4.56. The van der Waals surface area contributed by atoms with E-state index in [1.165, 1.54) is 0 Å². The number of nitrogens with zero attached hydrogens (tertiary/aromatic N) is 3. The van der Waals surface area contributed by atoms with Crippen molar-refractivity contribution in [2.24, 2.45) is 13.0 Å². The van der Waals surface area contributed by atoms with Crippen LogP contribution in [0.3, 0.4) is 0 Å². The Morgan fingerprint density at radius 2 is 2.00 bits per heavy atom. The minimum Gasteiger partial charge on any atom is -0.496 e. The molecule has 1 N–H and O–H groups in total. The van der Waals surface area contributed by atoms with Gasteiger partial charge in [0.2, 0.25) is 5.91 Å². The van der Waals surface area contributed by atoms with E-state index in [1.54, 1.807) is 13.3 Å². The zero-order valence-electron chi connectivity index (χ0n) is 16.3. The summed E-state index contributed by atoms with van der Waals surface area (Å²) < 4.78 is 7.32. The van der Waals surface area contributed by atoms with Crippen LogP contribution in [0, 0.1) is 5.92 Å². The highest BCUT2D eigenvalue weighted by molar-refractivity contribution is 5.80. The predicted molar refractivity (Wildman–Crippen MR) is 106 cm³/mol. The second-order valence-electron chi connectivity index (χ2n) is 7.11. The SMILES string of the molecule is COc1ccccc1CC(=O)NC(CC(C)C)c1nc2cccnc2n1C. The first-order chi connectivity index (χ1) is 13.0. The molecule has 0 radical (unpaired) electrons. The molecule has 1 unspecified atom stereocenters. The largest absolute Gasteiger partial charge is 0.496 e. The maximum Gasteiger partial charge on any atom is 0.225 e. The molecule has 6 heteroatoms. The minimum atomic E-state index is -0.175. The molecule has 1 aromatic carbocycles. The van der Waals surface area contributed by atoms with Crippen molar-refractivity contribution in [3.8, 4) is 5.75 Å². The molecule has 0 spiro atoms. The normalized spacial score (nSPS) is 12.3. The lowest BCUT2D eigenvalue weighted by Crippen LogP contribution is -2.32. The van der Waals surface area contributed by atoms with Crippen molar-refractivity contribution in [3.63, 3.8) is 0 Å². The number of carbonyl (C=O) groups is 1. The number of carbonyl (C=O) groups excluding carboxylic acids is 1. The first-order valence-electron chi connectivity index (χ1n) is 9.18. The average molecular weight is 366 g/mol. The molecular formula is C21H26N4O2. The van der Waals surface area contributed by atoms with E-state index in [1.807, 2.05) is 48.0 Å². The maximum atomic E-state index is 12.8. The number of ether oxygens (including phenoxy) is 1. The number of imidazole rings is 1. The van der Waals surface area contributed by atoms with Crippen molar-refractivity contribution in [2.75, 3.05) is 7.11 Å². The number of hydrogen-bond donors (Lipinski definition) is 1. The fourth-order valence-electron chi connectivity index (χ4n) is 3.32. The number of aromatic nitrogens is 3. The highest BCUT2D eigenvalue weighted by Crippen LogP contribution is 2.24. The molecule has 0 saturated carbocycles. The van der Waals surface area contributed by atoms with E-state index < -0.39 is 0 Å². The highest BCUT2D eigenvalue weighted by Gasteiger charge is 2.22. The standard InChI is InChI=1S/C21H26N4O2/c1-14(2)12-17(21-24-16-9-7-11-22-20(16)25(21)3)23-19(26)13-15-8-5-6-10-18(15)27-4/h5-11,14,17H,12-13H2,1-4H3,(H,23,26). The maximum absolute atomic E-state index is 12.8. The fourth-order valence-corrected chi connectivity index (χ4v) is 3.32. The van der Waals surface area contributed by atoms with Gasteiger partial charge in [0.25, 0.3) is 0 Å². The first kappa shape index (κ1) is 18.9. The van der Waals surface area contributed by atoms with Crippen LogP contribution in [0.4, 0.5) is 0 Å². The monoisotopic (exact) mass is 366 g/mol. The van der Waals surface area contributed by atoms with Crippen molar-refractivity contribution < 1.29 is 9.53 Å². The number of rotatable bonds is 7. The Balaban J connectivity index is 1.84.